The van der Waals surface area contributed by atoms with E-state index in [2.05, 4.69) is 0 Å². The third-order valence-electron chi connectivity index (χ3n) is 3.46. The topological polar surface area (TPSA) is 38.8 Å². The van der Waals surface area contributed by atoms with Crippen LogP contribution in [0.25, 0.3) is 0 Å². The molecule has 1 atom stereocenters. The Hall–Kier alpha value is -1.65. The molecule has 0 aromatic heterocycles. The van der Waals surface area contributed by atoms with E-state index in [9.17, 15) is 4.79 Å². The SMILES string of the molecule is CN(C(=O)C=CCCOC1CCCCO1)c1ccccc1. The number of rotatable bonds is 6. The summed E-state index contributed by atoms with van der Waals surface area (Å²) in [5, 5.41) is 0. The lowest BCUT2D eigenvalue weighted by atomic mass is 10.2. The van der Waals surface area contributed by atoms with Gasteiger partial charge in [0.1, 0.15) is 0 Å². The number of anilines is 1. The number of hydrogen-bond acceptors (Lipinski definition) is 3. The minimum atomic E-state index is -0.0603. The van der Waals surface area contributed by atoms with Crippen LogP contribution in [0, 0.1) is 0 Å². The number of carbonyl (C=O) groups is 1. The van der Waals surface area contributed by atoms with Crippen molar-refractivity contribution in [2.45, 2.75) is 32.0 Å². The highest BCUT2D eigenvalue weighted by atomic mass is 16.7. The first-order valence-corrected chi connectivity index (χ1v) is 7.50. The molecule has 114 valence electrons. The first kappa shape index (κ1) is 15.7. The summed E-state index contributed by atoms with van der Waals surface area (Å²) >= 11 is 0. The molecular weight excluding hydrogens is 266 g/mol. The maximum absolute atomic E-state index is 12.0. The van der Waals surface area contributed by atoms with Gasteiger partial charge in [-0.25, -0.2) is 0 Å². The van der Waals surface area contributed by atoms with Crippen molar-refractivity contribution in [3.63, 3.8) is 0 Å². The Bertz CT molecular complexity index is 452. The summed E-state index contributed by atoms with van der Waals surface area (Å²) < 4.78 is 11.1. The van der Waals surface area contributed by atoms with Crippen molar-refractivity contribution in [1.29, 1.82) is 0 Å². The van der Waals surface area contributed by atoms with Gasteiger partial charge in [0.25, 0.3) is 0 Å². The lowest BCUT2D eigenvalue weighted by molar-refractivity contribution is -0.161. The van der Waals surface area contributed by atoms with Crippen molar-refractivity contribution in [2.75, 3.05) is 25.2 Å². The molecule has 1 unspecified atom stereocenters. The smallest absolute Gasteiger partial charge is 0.250 e. The van der Waals surface area contributed by atoms with Gasteiger partial charge in [-0.3, -0.25) is 4.79 Å². The van der Waals surface area contributed by atoms with Crippen LogP contribution in [0.1, 0.15) is 25.7 Å². The Kier molecular flexibility index (Phi) is 6.44. The molecular formula is C17H23NO3. The molecule has 1 saturated heterocycles. The zero-order chi connectivity index (χ0) is 14.9. The molecule has 0 bridgehead atoms. The second kappa shape index (κ2) is 8.60. The van der Waals surface area contributed by atoms with Gasteiger partial charge in [0.15, 0.2) is 6.29 Å². The highest BCUT2D eigenvalue weighted by molar-refractivity contribution is 6.00. The van der Waals surface area contributed by atoms with Crippen molar-refractivity contribution in [2.24, 2.45) is 0 Å². The van der Waals surface area contributed by atoms with Gasteiger partial charge in [0.05, 0.1) is 6.61 Å². The number of nitrogens with zero attached hydrogens (tertiary/aromatic N) is 1. The Morgan fingerprint density at radius 2 is 2.19 bits per heavy atom. The van der Waals surface area contributed by atoms with E-state index in [1.165, 1.54) is 6.42 Å². The Morgan fingerprint density at radius 3 is 2.90 bits per heavy atom. The number of para-hydroxylation sites is 1. The molecule has 1 amide bonds. The number of likely N-dealkylation sites (N-methyl/N-ethyl adjacent to an activating group) is 1. The molecule has 21 heavy (non-hydrogen) atoms. The maximum Gasteiger partial charge on any atom is 0.250 e. The number of carbonyl (C=O) groups excluding carboxylic acids is 1. The average Bonchev–Trinajstić information content (AvgIpc) is 2.55. The fourth-order valence-corrected chi connectivity index (χ4v) is 2.18. The fourth-order valence-electron chi connectivity index (χ4n) is 2.18. The third-order valence-corrected chi connectivity index (χ3v) is 3.46. The molecule has 0 spiro atoms. The van der Waals surface area contributed by atoms with E-state index in [1.54, 1.807) is 18.0 Å². The van der Waals surface area contributed by atoms with Crippen LogP contribution in [-0.4, -0.2) is 32.5 Å². The molecule has 2 rings (SSSR count). The van der Waals surface area contributed by atoms with E-state index in [-0.39, 0.29) is 12.2 Å². The van der Waals surface area contributed by atoms with Gasteiger partial charge in [0, 0.05) is 19.3 Å². The highest BCUT2D eigenvalue weighted by Gasteiger charge is 2.13. The molecule has 4 nitrogen and oxygen atoms in total. The van der Waals surface area contributed by atoms with Crippen molar-refractivity contribution in [3.8, 4) is 0 Å². The Balaban J connectivity index is 1.67. The normalized spacial score (nSPS) is 18.8. The Labute approximate surface area is 126 Å². The van der Waals surface area contributed by atoms with Gasteiger partial charge in [-0.05, 0) is 43.9 Å². The maximum atomic E-state index is 12.0. The predicted molar refractivity (Wildman–Crippen MR) is 83.2 cm³/mol. The van der Waals surface area contributed by atoms with Crippen molar-refractivity contribution in [1.82, 2.24) is 0 Å². The average molecular weight is 289 g/mol. The van der Waals surface area contributed by atoms with Gasteiger partial charge in [-0.1, -0.05) is 24.3 Å². The second-order valence-electron chi connectivity index (χ2n) is 5.09. The molecule has 1 aliphatic rings. The van der Waals surface area contributed by atoms with Crippen LogP contribution in [0.2, 0.25) is 0 Å². The van der Waals surface area contributed by atoms with Crippen LogP contribution in [0.3, 0.4) is 0 Å². The molecule has 1 heterocycles. The molecule has 1 aromatic rings. The van der Waals surface area contributed by atoms with Crippen molar-refractivity contribution in [3.05, 3.63) is 42.5 Å². The summed E-state index contributed by atoms with van der Waals surface area (Å²) in [7, 11) is 1.77. The quantitative estimate of drug-likeness (QED) is 0.596. The zero-order valence-corrected chi connectivity index (χ0v) is 12.5. The van der Waals surface area contributed by atoms with E-state index >= 15 is 0 Å². The van der Waals surface area contributed by atoms with Crippen LogP contribution in [0.4, 0.5) is 5.69 Å². The lowest BCUT2D eigenvalue weighted by Crippen LogP contribution is -2.24. The van der Waals surface area contributed by atoms with Gasteiger partial charge >= 0.3 is 0 Å². The standard InChI is InChI=1S/C17H23NO3/c1-18(15-9-3-2-4-10-15)16(19)11-5-7-13-20-17-12-6-8-14-21-17/h2-5,9-11,17H,6-8,12-14H2,1H3. The summed E-state index contributed by atoms with van der Waals surface area (Å²) in [4.78, 5) is 13.6. The Morgan fingerprint density at radius 1 is 1.38 bits per heavy atom. The summed E-state index contributed by atoms with van der Waals surface area (Å²) in [6, 6.07) is 9.59. The van der Waals surface area contributed by atoms with Crippen LogP contribution >= 0.6 is 0 Å². The van der Waals surface area contributed by atoms with E-state index in [4.69, 9.17) is 9.47 Å². The summed E-state index contributed by atoms with van der Waals surface area (Å²) in [6.45, 7) is 1.38. The first-order valence-electron chi connectivity index (χ1n) is 7.50. The second-order valence-corrected chi connectivity index (χ2v) is 5.09. The summed E-state index contributed by atoms with van der Waals surface area (Å²) in [5.41, 5.74) is 0.888. The van der Waals surface area contributed by atoms with E-state index in [1.807, 2.05) is 36.4 Å². The minimum absolute atomic E-state index is 0.0323. The van der Waals surface area contributed by atoms with Gasteiger partial charge in [-0.15, -0.1) is 0 Å². The molecule has 0 N–H and O–H groups in total. The highest BCUT2D eigenvalue weighted by Crippen LogP contribution is 2.14. The minimum Gasteiger partial charge on any atom is -0.353 e. The van der Waals surface area contributed by atoms with Crippen LogP contribution in [0.5, 0.6) is 0 Å². The van der Waals surface area contributed by atoms with Gasteiger partial charge in [0.2, 0.25) is 5.91 Å². The fraction of sp³-hybridized carbons (Fsp3) is 0.471. The molecule has 0 saturated carbocycles. The third kappa shape index (κ3) is 5.33. The van der Waals surface area contributed by atoms with Gasteiger partial charge < -0.3 is 14.4 Å². The number of benzene rings is 1. The predicted octanol–water partition coefficient (Wildman–Crippen LogP) is 3.14. The zero-order valence-electron chi connectivity index (χ0n) is 12.5. The molecule has 1 aliphatic heterocycles. The van der Waals surface area contributed by atoms with Crippen molar-refractivity contribution < 1.29 is 14.3 Å². The van der Waals surface area contributed by atoms with E-state index in [0.717, 1.165) is 25.1 Å². The largest absolute Gasteiger partial charge is 0.353 e. The summed E-state index contributed by atoms with van der Waals surface area (Å²) in [5.74, 6) is -0.0323. The summed E-state index contributed by atoms with van der Waals surface area (Å²) in [6.07, 6.45) is 7.37. The molecule has 0 aliphatic carbocycles. The van der Waals surface area contributed by atoms with E-state index < -0.39 is 0 Å². The van der Waals surface area contributed by atoms with Crippen LogP contribution < -0.4 is 4.90 Å². The molecule has 1 aromatic carbocycles. The molecule has 0 radical (unpaired) electrons. The van der Waals surface area contributed by atoms with Crippen molar-refractivity contribution >= 4 is 11.6 Å². The van der Waals surface area contributed by atoms with Crippen LogP contribution in [-0.2, 0) is 14.3 Å². The van der Waals surface area contributed by atoms with Gasteiger partial charge in [-0.2, -0.15) is 0 Å². The number of ether oxygens (including phenoxy) is 2. The lowest BCUT2D eigenvalue weighted by Gasteiger charge is -2.22. The number of amides is 1. The van der Waals surface area contributed by atoms with E-state index in [0.29, 0.717) is 13.0 Å². The number of hydrogen-bond donors (Lipinski definition) is 0. The molecule has 4 heteroatoms. The molecule has 1 fully saturated rings. The van der Waals surface area contributed by atoms with Crippen LogP contribution in [0.15, 0.2) is 42.5 Å². The monoisotopic (exact) mass is 289 g/mol. The first-order chi connectivity index (χ1) is 10.3.